The van der Waals surface area contributed by atoms with Crippen molar-refractivity contribution in [3.05, 3.63) is 10.4 Å². The number of hydrogen-bond acceptors (Lipinski definition) is 4. The minimum Gasteiger partial charge on any atom is -0.465 e. The van der Waals surface area contributed by atoms with Gasteiger partial charge in [-0.1, -0.05) is 30.8 Å². The average molecular weight is 268 g/mol. The Balaban J connectivity index is 2.57. The van der Waals surface area contributed by atoms with Crippen LogP contribution >= 0.6 is 0 Å². The number of carbonyl (C=O) groups excluding carboxylic acids is 1. The molecular weight excluding hydrogens is 244 g/mol. The Labute approximate surface area is 114 Å². The lowest BCUT2D eigenvalue weighted by atomic mass is 9.90. The molecule has 1 aliphatic rings. The predicted octanol–water partition coefficient (Wildman–Crippen LogP) is 2.93. The Bertz CT molecular complexity index is 319. The second kappa shape index (κ2) is 8.77. The van der Waals surface area contributed by atoms with Gasteiger partial charge in [-0.05, 0) is 38.3 Å². The first-order chi connectivity index (χ1) is 9.25. The van der Waals surface area contributed by atoms with Crippen LogP contribution in [0.25, 0.3) is 10.4 Å². The highest BCUT2D eigenvalue weighted by atomic mass is 16.5. The first kappa shape index (κ1) is 15.8. The van der Waals surface area contributed by atoms with Crippen molar-refractivity contribution in [2.45, 2.75) is 57.4 Å². The van der Waals surface area contributed by atoms with E-state index in [2.05, 4.69) is 15.3 Å². The normalized spacial score (nSPS) is 18.2. The smallest absolute Gasteiger partial charge is 0.326 e. The van der Waals surface area contributed by atoms with Gasteiger partial charge in [0.2, 0.25) is 0 Å². The van der Waals surface area contributed by atoms with Crippen LogP contribution in [-0.2, 0) is 9.53 Å². The molecule has 0 atom stereocenters. The zero-order chi connectivity index (χ0) is 14.0. The molecule has 6 nitrogen and oxygen atoms in total. The van der Waals surface area contributed by atoms with Gasteiger partial charge in [-0.2, -0.15) is 0 Å². The molecule has 0 unspecified atom stereocenters. The standard InChI is InChI=1S/C13H24N4O2/c1-2-19-12(18)13(8-5-3-4-6-9-13)15-10-7-11-16-17-14/h15H,2-11H2,1H3. The molecule has 1 saturated carbocycles. The van der Waals surface area contributed by atoms with E-state index in [4.69, 9.17) is 10.3 Å². The molecule has 0 aliphatic heterocycles. The van der Waals surface area contributed by atoms with Crippen LogP contribution in [0.3, 0.4) is 0 Å². The van der Waals surface area contributed by atoms with E-state index >= 15 is 0 Å². The molecular formula is C13H24N4O2. The maximum atomic E-state index is 12.2. The van der Waals surface area contributed by atoms with Crippen LogP contribution in [0.1, 0.15) is 51.9 Å². The van der Waals surface area contributed by atoms with Gasteiger partial charge in [-0.25, -0.2) is 0 Å². The summed E-state index contributed by atoms with van der Waals surface area (Å²) < 4.78 is 5.24. The van der Waals surface area contributed by atoms with Crippen molar-refractivity contribution < 1.29 is 9.53 Å². The van der Waals surface area contributed by atoms with Gasteiger partial charge in [0.15, 0.2) is 0 Å². The molecule has 1 aliphatic carbocycles. The Morgan fingerprint density at radius 3 is 2.63 bits per heavy atom. The maximum Gasteiger partial charge on any atom is 0.326 e. The molecule has 0 radical (unpaired) electrons. The van der Waals surface area contributed by atoms with Crippen LogP contribution in [0.5, 0.6) is 0 Å². The molecule has 0 aromatic heterocycles. The van der Waals surface area contributed by atoms with E-state index in [1.807, 2.05) is 6.92 Å². The fourth-order valence-electron chi connectivity index (χ4n) is 2.58. The van der Waals surface area contributed by atoms with Gasteiger partial charge in [-0.15, -0.1) is 0 Å². The summed E-state index contributed by atoms with van der Waals surface area (Å²) in [4.78, 5) is 14.9. The number of carbonyl (C=O) groups is 1. The Kier molecular flexibility index (Phi) is 7.30. The third-order valence-corrected chi connectivity index (χ3v) is 3.58. The van der Waals surface area contributed by atoms with Crippen molar-refractivity contribution in [2.24, 2.45) is 5.11 Å². The number of nitrogens with zero attached hydrogens (tertiary/aromatic N) is 3. The minimum atomic E-state index is -0.525. The third-order valence-electron chi connectivity index (χ3n) is 3.58. The molecule has 0 amide bonds. The van der Waals surface area contributed by atoms with Crippen molar-refractivity contribution in [1.82, 2.24) is 5.32 Å². The number of nitrogens with one attached hydrogen (secondary N) is 1. The van der Waals surface area contributed by atoms with E-state index in [0.717, 1.165) is 32.1 Å². The molecule has 1 rings (SSSR count). The molecule has 0 heterocycles. The van der Waals surface area contributed by atoms with Gasteiger partial charge < -0.3 is 10.1 Å². The van der Waals surface area contributed by atoms with Crippen molar-refractivity contribution in [3.8, 4) is 0 Å². The number of esters is 1. The van der Waals surface area contributed by atoms with Gasteiger partial charge in [-0.3, -0.25) is 4.79 Å². The summed E-state index contributed by atoms with van der Waals surface area (Å²) in [5.41, 5.74) is 7.70. The average Bonchev–Trinajstić information content (AvgIpc) is 2.65. The molecule has 0 aromatic carbocycles. The molecule has 1 fully saturated rings. The molecule has 108 valence electrons. The van der Waals surface area contributed by atoms with Gasteiger partial charge in [0, 0.05) is 11.5 Å². The van der Waals surface area contributed by atoms with Crippen molar-refractivity contribution >= 4 is 5.97 Å². The van der Waals surface area contributed by atoms with Crippen LogP contribution in [0, 0.1) is 0 Å². The van der Waals surface area contributed by atoms with E-state index in [9.17, 15) is 4.79 Å². The highest BCUT2D eigenvalue weighted by molar-refractivity contribution is 5.80. The fraction of sp³-hybridized carbons (Fsp3) is 0.923. The van der Waals surface area contributed by atoms with Gasteiger partial charge in [0.25, 0.3) is 0 Å². The molecule has 0 bridgehead atoms. The lowest BCUT2D eigenvalue weighted by Gasteiger charge is -2.31. The molecule has 1 N–H and O–H groups in total. The molecule has 0 aromatic rings. The predicted molar refractivity (Wildman–Crippen MR) is 73.7 cm³/mol. The Hall–Kier alpha value is -1.26. The molecule has 19 heavy (non-hydrogen) atoms. The lowest BCUT2D eigenvalue weighted by Crippen LogP contribution is -2.53. The number of ether oxygens (including phenoxy) is 1. The largest absolute Gasteiger partial charge is 0.465 e. The van der Waals surface area contributed by atoms with Crippen LogP contribution in [0.15, 0.2) is 5.11 Å². The van der Waals surface area contributed by atoms with Crippen molar-refractivity contribution in [1.29, 1.82) is 0 Å². The summed E-state index contributed by atoms with van der Waals surface area (Å²) in [6.07, 6.45) is 6.90. The van der Waals surface area contributed by atoms with Crippen LogP contribution < -0.4 is 5.32 Å². The zero-order valence-electron chi connectivity index (χ0n) is 11.7. The van der Waals surface area contributed by atoms with E-state index in [1.54, 1.807) is 0 Å². The number of rotatable bonds is 7. The SMILES string of the molecule is CCOC(=O)C1(NCCCN=[N+]=[N-])CCCCCC1. The summed E-state index contributed by atoms with van der Waals surface area (Å²) in [6.45, 7) is 3.39. The van der Waals surface area contributed by atoms with Crippen molar-refractivity contribution in [2.75, 3.05) is 19.7 Å². The van der Waals surface area contributed by atoms with Gasteiger partial charge in [0.1, 0.15) is 5.54 Å². The van der Waals surface area contributed by atoms with Crippen LogP contribution in [0.2, 0.25) is 0 Å². The van der Waals surface area contributed by atoms with Crippen molar-refractivity contribution in [3.63, 3.8) is 0 Å². The zero-order valence-corrected chi connectivity index (χ0v) is 11.7. The highest BCUT2D eigenvalue weighted by Gasteiger charge is 2.39. The van der Waals surface area contributed by atoms with Crippen LogP contribution in [0.4, 0.5) is 0 Å². The topological polar surface area (TPSA) is 87.1 Å². The quantitative estimate of drug-likeness (QED) is 0.192. The molecule has 0 spiro atoms. The molecule has 6 heteroatoms. The summed E-state index contributed by atoms with van der Waals surface area (Å²) in [6, 6.07) is 0. The Morgan fingerprint density at radius 1 is 1.37 bits per heavy atom. The highest BCUT2D eigenvalue weighted by Crippen LogP contribution is 2.28. The summed E-state index contributed by atoms with van der Waals surface area (Å²) in [5.74, 6) is -0.124. The first-order valence-electron chi connectivity index (χ1n) is 7.18. The van der Waals surface area contributed by atoms with Gasteiger partial charge >= 0.3 is 5.97 Å². The van der Waals surface area contributed by atoms with E-state index in [-0.39, 0.29) is 5.97 Å². The maximum absolute atomic E-state index is 12.2. The first-order valence-corrected chi connectivity index (χ1v) is 7.18. The summed E-state index contributed by atoms with van der Waals surface area (Å²) >= 11 is 0. The minimum absolute atomic E-state index is 0.124. The van der Waals surface area contributed by atoms with E-state index < -0.39 is 5.54 Å². The monoisotopic (exact) mass is 268 g/mol. The second-order valence-electron chi connectivity index (χ2n) is 4.95. The van der Waals surface area contributed by atoms with Gasteiger partial charge in [0.05, 0.1) is 6.61 Å². The fourth-order valence-corrected chi connectivity index (χ4v) is 2.58. The summed E-state index contributed by atoms with van der Waals surface area (Å²) in [7, 11) is 0. The third kappa shape index (κ3) is 5.09. The second-order valence-corrected chi connectivity index (χ2v) is 4.95. The number of hydrogen-bond donors (Lipinski definition) is 1. The molecule has 0 saturated heterocycles. The number of azide groups is 1. The van der Waals surface area contributed by atoms with E-state index in [1.165, 1.54) is 12.8 Å². The van der Waals surface area contributed by atoms with E-state index in [0.29, 0.717) is 19.7 Å². The lowest BCUT2D eigenvalue weighted by molar-refractivity contribution is -0.152. The summed E-state index contributed by atoms with van der Waals surface area (Å²) in [5, 5.41) is 6.86. The Morgan fingerprint density at radius 2 is 2.05 bits per heavy atom. The van der Waals surface area contributed by atoms with Crippen LogP contribution in [-0.4, -0.2) is 31.2 Å².